The number of aryl methyl sites for hydroxylation is 2. The Kier molecular flexibility index (Phi) is 2.04. The second kappa shape index (κ2) is 3.10. The van der Waals surface area contributed by atoms with Gasteiger partial charge < -0.3 is 4.98 Å². The minimum Gasteiger partial charge on any atom is -0.336 e. The van der Waals surface area contributed by atoms with E-state index in [1.54, 1.807) is 6.07 Å². The standard InChI is InChI=1S/C10H9ClN2O/c1-5-3-6(2)12-10-7(5)4-8(13-10)9(11)14/h3-4H,1-2H3,(H,12,13). The molecule has 0 aliphatic rings. The van der Waals surface area contributed by atoms with Gasteiger partial charge in [-0.2, -0.15) is 0 Å². The largest absolute Gasteiger partial charge is 0.336 e. The molecule has 14 heavy (non-hydrogen) atoms. The molecule has 2 rings (SSSR count). The van der Waals surface area contributed by atoms with Crippen molar-refractivity contribution in [3.05, 3.63) is 29.1 Å². The minimum absolute atomic E-state index is 0.392. The summed E-state index contributed by atoms with van der Waals surface area (Å²) in [6.45, 7) is 3.89. The summed E-state index contributed by atoms with van der Waals surface area (Å²) >= 11 is 5.37. The van der Waals surface area contributed by atoms with Crippen molar-refractivity contribution in [3.8, 4) is 0 Å². The zero-order valence-electron chi connectivity index (χ0n) is 7.89. The van der Waals surface area contributed by atoms with Crippen molar-refractivity contribution in [2.24, 2.45) is 0 Å². The Morgan fingerprint density at radius 2 is 2.14 bits per heavy atom. The zero-order valence-corrected chi connectivity index (χ0v) is 8.64. The first-order chi connectivity index (χ1) is 6.58. The van der Waals surface area contributed by atoms with Crippen molar-refractivity contribution in [1.82, 2.24) is 9.97 Å². The van der Waals surface area contributed by atoms with Crippen molar-refractivity contribution in [2.45, 2.75) is 13.8 Å². The van der Waals surface area contributed by atoms with Crippen LogP contribution in [0.4, 0.5) is 0 Å². The van der Waals surface area contributed by atoms with Crippen LogP contribution >= 0.6 is 11.6 Å². The molecule has 2 aromatic rings. The van der Waals surface area contributed by atoms with Crippen LogP contribution in [0.25, 0.3) is 11.0 Å². The van der Waals surface area contributed by atoms with E-state index in [-0.39, 0.29) is 0 Å². The highest BCUT2D eigenvalue weighted by molar-refractivity contribution is 6.67. The lowest BCUT2D eigenvalue weighted by molar-refractivity contribution is 0.107. The predicted octanol–water partition coefficient (Wildman–Crippen LogP) is 2.56. The molecule has 72 valence electrons. The normalized spacial score (nSPS) is 10.8. The molecule has 0 radical (unpaired) electrons. The van der Waals surface area contributed by atoms with Crippen molar-refractivity contribution in [2.75, 3.05) is 0 Å². The third kappa shape index (κ3) is 1.40. The van der Waals surface area contributed by atoms with E-state index in [0.717, 1.165) is 16.6 Å². The molecule has 0 unspecified atom stereocenters. The summed E-state index contributed by atoms with van der Waals surface area (Å²) < 4.78 is 0. The van der Waals surface area contributed by atoms with E-state index >= 15 is 0 Å². The molecule has 2 aromatic heterocycles. The Morgan fingerprint density at radius 3 is 2.79 bits per heavy atom. The van der Waals surface area contributed by atoms with Crippen LogP contribution < -0.4 is 0 Å². The summed E-state index contributed by atoms with van der Waals surface area (Å²) in [5.41, 5.74) is 3.12. The lowest BCUT2D eigenvalue weighted by Gasteiger charge is -1.96. The second-order valence-corrected chi connectivity index (χ2v) is 3.64. The zero-order chi connectivity index (χ0) is 10.3. The third-order valence-electron chi connectivity index (χ3n) is 2.15. The molecule has 4 heteroatoms. The molecule has 0 saturated heterocycles. The summed E-state index contributed by atoms with van der Waals surface area (Å²) in [6.07, 6.45) is 0. The molecule has 0 atom stereocenters. The van der Waals surface area contributed by atoms with Crippen molar-refractivity contribution >= 4 is 27.9 Å². The van der Waals surface area contributed by atoms with Crippen LogP contribution in [0.5, 0.6) is 0 Å². The lowest BCUT2D eigenvalue weighted by Crippen LogP contribution is -1.87. The second-order valence-electron chi connectivity index (χ2n) is 3.30. The first kappa shape index (κ1) is 9.21. The number of pyridine rings is 1. The van der Waals surface area contributed by atoms with Gasteiger partial charge in [-0.05, 0) is 43.1 Å². The fourth-order valence-corrected chi connectivity index (χ4v) is 1.64. The van der Waals surface area contributed by atoms with Crippen LogP contribution in [0.1, 0.15) is 21.7 Å². The van der Waals surface area contributed by atoms with Crippen molar-refractivity contribution in [3.63, 3.8) is 0 Å². The molecular weight excluding hydrogens is 200 g/mol. The monoisotopic (exact) mass is 208 g/mol. The summed E-state index contributed by atoms with van der Waals surface area (Å²) in [5.74, 6) is 0. The van der Waals surface area contributed by atoms with E-state index in [4.69, 9.17) is 11.6 Å². The first-order valence-electron chi connectivity index (χ1n) is 4.25. The van der Waals surface area contributed by atoms with Gasteiger partial charge in [0.15, 0.2) is 0 Å². The van der Waals surface area contributed by atoms with Gasteiger partial charge >= 0.3 is 0 Å². The lowest BCUT2D eigenvalue weighted by atomic mass is 10.2. The average molecular weight is 209 g/mol. The van der Waals surface area contributed by atoms with Gasteiger partial charge in [0.1, 0.15) is 11.3 Å². The molecule has 0 aromatic carbocycles. The average Bonchev–Trinajstić information content (AvgIpc) is 2.47. The topological polar surface area (TPSA) is 45.8 Å². The number of halogens is 1. The van der Waals surface area contributed by atoms with Crippen LogP contribution in [0, 0.1) is 13.8 Å². The highest BCUT2D eigenvalue weighted by Gasteiger charge is 2.09. The highest BCUT2D eigenvalue weighted by Crippen LogP contribution is 2.19. The number of H-pyrrole nitrogens is 1. The number of nitrogens with zero attached hydrogens (tertiary/aromatic N) is 1. The maximum absolute atomic E-state index is 10.9. The number of carbonyl (C=O) groups is 1. The number of fused-ring (bicyclic) bond motifs is 1. The fourth-order valence-electron chi connectivity index (χ4n) is 1.54. The van der Waals surface area contributed by atoms with Gasteiger partial charge in [0.2, 0.25) is 0 Å². The molecule has 0 saturated carbocycles. The maximum Gasteiger partial charge on any atom is 0.268 e. The van der Waals surface area contributed by atoms with Crippen molar-refractivity contribution in [1.29, 1.82) is 0 Å². The Labute approximate surface area is 86.1 Å². The SMILES string of the molecule is Cc1cc(C)c2cc(C(=O)Cl)[nH]c2n1. The number of nitrogens with one attached hydrogen (secondary N) is 1. The Balaban J connectivity index is 2.76. The number of aromatic nitrogens is 2. The summed E-state index contributed by atoms with van der Waals surface area (Å²) in [6, 6.07) is 3.70. The molecule has 1 N–H and O–H groups in total. The molecule has 0 aliphatic heterocycles. The van der Waals surface area contributed by atoms with Gasteiger partial charge in [0, 0.05) is 11.1 Å². The van der Waals surface area contributed by atoms with Crippen LogP contribution in [-0.4, -0.2) is 15.2 Å². The highest BCUT2D eigenvalue weighted by atomic mass is 35.5. The van der Waals surface area contributed by atoms with Gasteiger partial charge in [0.05, 0.1) is 0 Å². The number of hydrogen-bond donors (Lipinski definition) is 1. The van der Waals surface area contributed by atoms with E-state index in [1.807, 2.05) is 19.9 Å². The van der Waals surface area contributed by atoms with Crippen LogP contribution in [0.15, 0.2) is 12.1 Å². The van der Waals surface area contributed by atoms with Gasteiger partial charge in [-0.25, -0.2) is 4.98 Å². The number of hydrogen-bond acceptors (Lipinski definition) is 2. The van der Waals surface area contributed by atoms with E-state index in [1.165, 1.54) is 0 Å². The van der Waals surface area contributed by atoms with E-state index in [2.05, 4.69) is 9.97 Å². The first-order valence-corrected chi connectivity index (χ1v) is 4.62. The molecule has 0 bridgehead atoms. The number of carbonyl (C=O) groups excluding carboxylic acids is 1. The summed E-state index contributed by atoms with van der Waals surface area (Å²) in [7, 11) is 0. The Bertz CT molecular complexity index is 516. The molecule has 0 spiro atoms. The fraction of sp³-hybridized carbons (Fsp3) is 0.200. The Morgan fingerprint density at radius 1 is 1.43 bits per heavy atom. The predicted molar refractivity (Wildman–Crippen MR) is 55.8 cm³/mol. The minimum atomic E-state index is -0.486. The third-order valence-corrected chi connectivity index (χ3v) is 2.35. The summed E-state index contributed by atoms with van der Waals surface area (Å²) in [5, 5.41) is 0.458. The molecule has 0 amide bonds. The van der Waals surface area contributed by atoms with E-state index < -0.39 is 5.24 Å². The van der Waals surface area contributed by atoms with Gasteiger partial charge in [-0.3, -0.25) is 4.79 Å². The van der Waals surface area contributed by atoms with Crippen LogP contribution in [0.3, 0.4) is 0 Å². The maximum atomic E-state index is 10.9. The van der Waals surface area contributed by atoms with Crippen LogP contribution in [0.2, 0.25) is 0 Å². The number of rotatable bonds is 1. The van der Waals surface area contributed by atoms with E-state index in [0.29, 0.717) is 11.3 Å². The number of aromatic amines is 1. The van der Waals surface area contributed by atoms with Gasteiger partial charge in [-0.15, -0.1) is 0 Å². The van der Waals surface area contributed by atoms with Gasteiger partial charge in [0.25, 0.3) is 5.24 Å². The molecule has 3 nitrogen and oxygen atoms in total. The summed E-state index contributed by atoms with van der Waals surface area (Å²) in [4.78, 5) is 18.1. The van der Waals surface area contributed by atoms with Crippen LogP contribution in [-0.2, 0) is 0 Å². The molecule has 0 aliphatic carbocycles. The van der Waals surface area contributed by atoms with Gasteiger partial charge in [-0.1, -0.05) is 0 Å². The molecule has 0 fully saturated rings. The Hall–Kier alpha value is -1.35. The quantitative estimate of drug-likeness (QED) is 0.733. The smallest absolute Gasteiger partial charge is 0.268 e. The van der Waals surface area contributed by atoms with E-state index in [9.17, 15) is 4.79 Å². The van der Waals surface area contributed by atoms with Crippen molar-refractivity contribution < 1.29 is 4.79 Å². The molecule has 2 heterocycles. The molecular formula is C10H9ClN2O.